The molecular formula is C15H13F3O2. The van der Waals surface area contributed by atoms with Crippen LogP contribution in [0.3, 0.4) is 0 Å². The first-order chi connectivity index (χ1) is 9.34. The molecule has 5 heteroatoms. The van der Waals surface area contributed by atoms with E-state index in [0.29, 0.717) is 11.3 Å². The summed E-state index contributed by atoms with van der Waals surface area (Å²) in [5, 5.41) is 9.41. The quantitative estimate of drug-likeness (QED) is 0.909. The number of phenolic OH excluding ortho intramolecular Hbond substituents is 1. The van der Waals surface area contributed by atoms with E-state index in [1.54, 1.807) is 25.1 Å². The van der Waals surface area contributed by atoms with Crippen LogP contribution in [0.2, 0.25) is 0 Å². The molecule has 2 aromatic carbocycles. The number of aryl methyl sites for hydroxylation is 1. The van der Waals surface area contributed by atoms with Crippen LogP contribution in [0.15, 0.2) is 42.5 Å². The van der Waals surface area contributed by atoms with Gasteiger partial charge in [0.25, 0.3) is 0 Å². The van der Waals surface area contributed by atoms with Gasteiger partial charge in [0.05, 0.1) is 5.56 Å². The maximum absolute atomic E-state index is 12.6. The molecule has 0 fully saturated rings. The Balaban J connectivity index is 2.11. The normalized spacial score (nSPS) is 11.4. The fraction of sp³-hybridized carbons (Fsp3) is 0.200. The molecule has 0 aliphatic rings. The van der Waals surface area contributed by atoms with Crippen LogP contribution in [0.25, 0.3) is 0 Å². The predicted molar refractivity (Wildman–Crippen MR) is 68.6 cm³/mol. The molecule has 0 aliphatic heterocycles. The predicted octanol–water partition coefficient (Wildman–Crippen LogP) is 4.30. The second-order valence-electron chi connectivity index (χ2n) is 4.49. The van der Waals surface area contributed by atoms with Gasteiger partial charge in [-0.2, -0.15) is 13.2 Å². The Morgan fingerprint density at radius 1 is 1.10 bits per heavy atom. The molecule has 0 unspecified atom stereocenters. The Hall–Kier alpha value is -2.17. The van der Waals surface area contributed by atoms with E-state index in [4.69, 9.17) is 4.74 Å². The summed E-state index contributed by atoms with van der Waals surface area (Å²) < 4.78 is 43.1. The highest BCUT2D eigenvalue weighted by Gasteiger charge is 2.30. The van der Waals surface area contributed by atoms with Gasteiger partial charge in [-0.1, -0.05) is 12.1 Å². The third kappa shape index (κ3) is 3.66. The smallest absolute Gasteiger partial charge is 0.416 e. The maximum Gasteiger partial charge on any atom is 0.416 e. The Morgan fingerprint density at radius 3 is 2.50 bits per heavy atom. The molecule has 2 rings (SSSR count). The first-order valence-electron chi connectivity index (χ1n) is 5.94. The molecule has 0 aromatic heterocycles. The summed E-state index contributed by atoms with van der Waals surface area (Å²) >= 11 is 0. The topological polar surface area (TPSA) is 29.5 Å². The van der Waals surface area contributed by atoms with Crippen molar-refractivity contribution in [2.45, 2.75) is 19.7 Å². The van der Waals surface area contributed by atoms with E-state index < -0.39 is 11.7 Å². The molecule has 2 aromatic rings. The van der Waals surface area contributed by atoms with Crippen molar-refractivity contribution in [2.75, 3.05) is 0 Å². The molecule has 0 saturated heterocycles. The van der Waals surface area contributed by atoms with Gasteiger partial charge >= 0.3 is 6.18 Å². The average molecular weight is 282 g/mol. The van der Waals surface area contributed by atoms with E-state index in [-0.39, 0.29) is 12.4 Å². The number of phenols is 1. The lowest BCUT2D eigenvalue weighted by Gasteiger charge is -2.10. The van der Waals surface area contributed by atoms with Crippen molar-refractivity contribution in [3.8, 4) is 11.5 Å². The van der Waals surface area contributed by atoms with Gasteiger partial charge in [0.2, 0.25) is 0 Å². The van der Waals surface area contributed by atoms with Crippen LogP contribution in [0.1, 0.15) is 16.7 Å². The zero-order chi connectivity index (χ0) is 14.8. The highest BCUT2D eigenvalue weighted by atomic mass is 19.4. The van der Waals surface area contributed by atoms with Gasteiger partial charge in [-0.3, -0.25) is 0 Å². The highest BCUT2D eigenvalue weighted by Crippen LogP contribution is 2.30. The summed E-state index contributed by atoms with van der Waals surface area (Å²) in [6.45, 7) is 1.80. The number of ether oxygens (including phenoxy) is 1. The summed E-state index contributed by atoms with van der Waals surface area (Å²) in [4.78, 5) is 0. The first-order valence-corrected chi connectivity index (χ1v) is 5.94. The number of alkyl halides is 3. The Kier molecular flexibility index (Phi) is 3.88. The Bertz CT molecular complexity index is 586. The number of hydrogen-bond donors (Lipinski definition) is 1. The molecular weight excluding hydrogens is 269 g/mol. The third-order valence-electron chi connectivity index (χ3n) is 2.70. The molecule has 1 N–H and O–H groups in total. The second-order valence-corrected chi connectivity index (χ2v) is 4.49. The van der Waals surface area contributed by atoms with Crippen LogP contribution in [0.4, 0.5) is 13.2 Å². The molecule has 0 heterocycles. The molecule has 0 atom stereocenters. The summed E-state index contributed by atoms with van der Waals surface area (Å²) in [5.41, 5.74) is 0.524. The lowest BCUT2D eigenvalue weighted by Crippen LogP contribution is -2.06. The zero-order valence-electron chi connectivity index (χ0n) is 10.7. The molecule has 20 heavy (non-hydrogen) atoms. The van der Waals surface area contributed by atoms with E-state index in [9.17, 15) is 18.3 Å². The van der Waals surface area contributed by atoms with E-state index in [1.807, 2.05) is 0 Å². The van der Waals surface area contributed by atoms with Gasteiger partial charge in [0, 0.05) is 6.07 Å². The van der Waals surface area contributed by atoms with Crippen LogP contribution in [0, 0.1) is 6.92 Å². The van der Waals surface area contributed by atoms with Crippen molar-refractivity contribution in [1.29, 1.82) is 0 Å². The minimum atomic E-state index is -4.36. The Morgan fingerprint density at radius 2 is 1.85 bits per heavy atom. The highest BCUT2D eigenvalue weighted by molar-refractivity contribution is 5.37. The summed E-state index contributed by atoms with van der Waals surface area (Å²) in [7, 11) is 0. The Labute approximate surface area is 114 Å². The third-order valence-corrected chi connectivity index (χ3v) is 2.70. The van der Waals surface area contributed by atoms with Crippen molar-refractivity contribution in [2.24, 2.45) is 0 Å². The van der Waals surface area contributed by atoms with Crippen molar-refractivity contribution in [3.05, 3.63) is 59.2 Å². The van der Waals surface area contributed by atoms with Crippen molar-refractivity contribution in [1.82, 2.24) is 0 Å². The van der Waals surface area contributed by atoms with Crippen molar-refractivity contribution < 1.29 is 23.0 Å². The number of benzene rings is 2. The van der Waals surface area contributed by atoms with Gasteiger partial charge in [-0.05, 0) is 42.3 Å². The minimum absolute atomic E-state index is 0.00676. The van der Waals surface area contributed by atoms with E-state index in [0.717, 1.165) is 17.7 Å². The number of aromatic hydroxyl groups is 1. The minimum Gasteiger partial charge on any atom is -0.508 e. The standard InChI is InChI=1S/C15H13F3O2/c1-10-5-13(19)8-14(6-10)20-9-11-3-2-4-12(7-11)15(16,17)18/h2-8,19H,9H2,1H3. The molecule has 2 nitrogen and oxygen atoms in total. The van der Waals surface area contributed by atoms with Gasteiger partial charge in [0.15, 0.2) is 0 Å². The second kappa shape index (κ2) is 5.45. The molecule has 0 spiro atoms. The largest absolute Gasteiger partial charge is 0.508 e. The van der Waals surface area contributed by atoms with Gasteiger partial charge in [0.1, 0.15) is 18.1 Å². The van der Waals surface area contributed by atoms with E-state index in [2.05, 4.69) is 0 Å². The number of hydrogen-bond acceptors (Lipinski definition) is 2. The summed E-state index contributed by atoms with van der Waals surface area (Å²) in [6, 6.07) is 9.66. The fourth-order valence-electron chi connectivity index (χ4n) is 1.82. The van der Waals surface area contributed by atoms with E-state index in [1.165, 1.54) is 12.1 Å². The van der Waals surface area contributed by atoms with Crippen LogP contribution in [0.5, 0.6) is 11.5 Å². The zero-order valence-corrected chi connectivity index (χ0v) is 10.7. The van der Waals surface area contributed by atoms with Crippen LogP contribution >= 0.6 is 0 Å². The first kappa shape index (κ1) is 14.2. The van der Waals surface area contributed by atoms with Crippen LogP contribution < -0.4 is 4.74 Å². The molecule has 106 valence electrons. The SMILES string of the molecule is Cc1cc(O)cc(OCc2cccc(C(F)(F)F)c2)c1. The van der Waals surface area contributed by atoms with Crippen molar-refractivity contribution >= 4 is 0 Å². The van der Waals surface area contributed by atoms with Gasteiger partial charge in [-0.15, -0.1) is 0 Å². The monoisotopic (exact) mass is 282 g/mol. The molecule has 0 saturated carbocycles. The fourth-order valence-corrected chi connectivity index (χ4v) is 1.82. The molecule has 0 aliphatic carbocycles. The summed E-state index contributed by atoms with van der Waals surface area (Å²) in [5.74, 6) is 0.476. The summed E-state index contributed by atoms with van der Waals surface area (Å²) in [6.07, 6.45) is -4.36. The van der Waals surface area contributed by atoms with Gasteiger partial charge < -0.3 is 9.84 Å². The number of halogens is 3. The van der Waals surface area contributed by atoms with E-state index >= 15 is 0 Å². The van der Waals surface area contributed by atoms with Gasteiger partial charge in [-0.25, -0.2) is 0 Å². The number of rotatable bonds is 3. The van der Waals surface area contributed by atoms with Crippen LogP contribution in [-0.4, -0.2) is 5.11 Å². The maximum atomic E-state index is 12.6. The lowest BCUT2D eigenvalue weighted by molar-refractivity contribution is -0.137. The molecule has 0 amide bonds. The molecule has 0 bridgehead atoms. The average Bonchev–Trinajstić information content (AvgIpc) is 2.35. The van der Waals surface area contributed by atoms with Crippen molar-refractivity contribution in [3.63, 3.8) is 0 Å². The molecule has 0 radical (unpaired) electrons. The lowest BCUT2D eigenvalue weighted by atomic mass is 10.1. The van der Waals surface area contributed by atoms with Crippen LogP contribution in [-0.2, 0) is 12.8 Å².